The summed E-state index contributed by atoms with van der Waals surface area (Å²) < 4.78 is 28.3. The van der Waals surface area contributed by atoms with Gasteiger partial charge in [-0.05, 0) is 31.8 Å². The van der Waals surface area contributed by atoms with Gasteiger partial charge in [-0.2, -0.15) is 0 Å². The van der Waals surface area contributed by atoms with Crippen LogP contribution in [0.4, 0.5) is 0 Å². The maximum absolute atomic E-state index is 11.9. The Bertz CT molecular complexity index is 493. The van der Waals surface area contributed by atoms with E-state index in [1.54, 1.807) is 10.9 Å². The first kappa shape index (κ1) is 14.4. The summed E-state index contributed by atoms with van der Waals surface area (Å²) >= 11 is 0. The van der Waals surface area contributed by atoms with Crippen molar-refractivity contribution in [2.24, 2.45) is 13.0 Å². The van der Waals surface area contributed by atoms with Crippen molar-refractivity contribution < 1.29 is 8.42 Å². The molecule has 0 bridgehead atoms. The largest absolute Gasteiger partial charge is 0.321 e. The highest BCUT2D eigenvalue weighted by Gasteiger charge is 2.20. The van der Waals surface area contributed by atoms with E-state index in [4.69, 9.17) is 0 Å². The molecule has 1 aliphatic rings. The van der Waals surface area contributed by atoms with Crippen LogP contribution in [0, 0.1) is 5.92 Å². The van der Waals surface area contributed by atoms with E-state index in [1.165, 1.54) is 0 Å². The van der Waals surface area contributed by atoms with Crippen molar-refractivity contribution in [2.75, 3.05) is 25.4 Å². The van der Waals surface area contributed by atoms with E-state index >= 15 is 0 Å². The van der Waals surface area contributed by atoms with Crippen LogP contribution in [0.3, 0.4) is 0 Å². The Morgan fingerprint density at radius 3 is 2.84 bits per heavy atom. The van der Waals surface area contributed by atoms with Crippen LogP contribution in [-0.2, 0) is 23.5 Å². The molecular weight excluding hydrogens is 266 g/mol. The molecule has 0 amide bonds. The fraction of sp³-hybridized carbons (Fsp3) is 0.818. The monoisotopic (exact) mass is 287 g/mol. The standard InChI is InChI=1S/C11H21N5O2S/c1-16-9-13-15-11(16)4-7-14-19(17,18)8-10-2-5-12-6-3-10/h9-10,12,14H,2-8H2,1H3. The van der Waals surface area contributed by atoms with Crippen molar-refractivity contribution in [3.05, 3.63) is 12.2 Å². The van der Waals surface area contributed by atoms with Gasteiger partial charge in [0.1, 0.15) is 12.2 Å². The Morgan fingerprint density at radius 1 is 1.47 bits per heavy atom. The quantitative estimate of drug-likeness (QED) is 0.720. The van der Waals surface area contributed by atoms with Gasteiger partial charge in [0.15, 0.2) is 0 Å². The molecular formula is C11H21N5O2S. The lowest BCUT2D eigenvalue weighted by molar-refractivity contribution is 0.400. The van der Waals surface area contributed by atoms with Crippen LogP contribution in [0.5, 0.6) is 0 Å². The molecule has 2 N–H and O–H groups in total. The minimum atomic E-state index is -3.18. The highest BCUT2D eigenvalue weighted by atomic mass is 32.2. The number of rotatable bonds is 6. The maximum Gasteiger partial charge on any atom is 0.211 e. The van der Waals surface area contributed by atoms with Gasteiger partial charge >= 0.3 is 0 Å². The third kappa shape index (κ3) is 4.55. The molecule has 0 saturated carbocycles. The van der Waals surface area contributed by atoms with Crippen LogP contribution in [-0.4, -0.2) is 48.6 Å². The Balaban J connectivity index is 1.76. The van der Waals surface area contributed by atoms with Crippen LogP contribution < -0.4 is 10.0 Å². The average molecular weight is 287 g/mol. The van der Waals surface area contributed by atoms with Crippen molar-refractivity contribution in [1.82, 2.24) is 24.8 Å². The number of aromatic nitrogens is 3. The summed E-state index contributed by atoms with van der Waals surface area (Å²) in [5, 5.41) is 10.9. The van der Waals surface area contributed by atoms with Gasteiger partial charge in [-0.15, -0.1) is 10.2 Å². The van der Waals surface area contributed by atoms with Crippen molar-refractivity contribution in [1.29, 1.82) is 0 Å². The lowest BCUT2D eigenvalue weighted by Gasteiger charge is -2.22. The van der Waals surface area contributed by atoms with Gasteiger partial charge in [0.2, 0.25) is 10.0 Å². The summed E-state index contributed by atoms with van der Waals surface area (Å²) in [5.74, 6) is 1.28. The molecule has 1 aromatic heterocycles. The molecule has 1 aliphatic heterocycles. The molecule has 7 nitrogen and oxygen atoms in total. The fourth-order valence-electron chi connectivity index (χ4n) is 2.27. The van der Waals surface area contributed by atoms with Crippen LogP contribution in [0.2, 0.25) is 0 Å². The zero-order valence-electron chi connectivity index (χ0n) is 11.2. The summed E-state index contributed by atoms with van der Waals surface area (Å²) in [5.41, 5.74) is 0. The molecule has 2 heterocycles. The average Bonchev–Trinajstić information content (AvgIpc) is 2.76. The molecule has 0 aromatic carbocycles. The zero-order valence-corrected chi connectivity index (χ0v) is 12.0. The van der Waals surface area contributed by atoms with Gasteiger partial charge < -0.3 is 9.88 Å². The second kappa shape index (κ2) is 6.44. The zero-order chi connectivity index (χ0) is 13.7. The molecule has 108 valence electrons. The highest BCUT2D eigenvalue weighted by Crippen LogP contribution is 2.13. The summed E-state index contributed by atoms with van der Waals surface area (Å²) in [6.07, 6.45) is 4.04. The van der Waals surface area contributed by atoms with E-state index in [-0.39, 0.29) is 11.7 Å². The molecule has 1 aromatic rings. The van der Waals surface area contributed by atoms with Crippen molar-refractivity contribution in [3.8, 4) is 0 Å². The van der Waals surface area contributed by atoms with E-state index in [9.17, 15) is 8.42 Å². The van der Waals surface area contributed by atoms with E-state index < -0.39 is 10.0 Å². The normalized spacial score (nSPS) is 17.7. The number of sulfonamides is 1. The van der Waals surface area contributed by atoms with Crippen LogP contribution in [0.1, 0.15) is 18.7 Å². The molecule has 0 aliphatic carbocycles. The number of nitrogens with one attached hydrogen (secondary N) is 2. The molecule has 1 fully saturated rings. The summed E-state index contributed by atoms with van der Waals surface area (Å²) in [6.45, 7) is 2.21. The number of nitrogens with zero attached hydrogens (tertiary/aromatic N) is 3. The minimum Gasteiger partial charge on any atom is -0.321 e. The first-order chi connectivity index (χ1) is 9.07. The number of hydrogen-bond donors (Lipinski definition) is 2. The molecule has 0 spiro atoms. The van der Waals surface area contributed by atoms with Crippen LogP contribution in [0.25, 0.3) is 0 Å². The number of piperidine rings is 1. The van der Waals surface area contributed by atoms with Gasteiger partial charge in [0, 0.05) is 20.0 Å². The molecule has 0 atom stereocenters. The summed E-state index contributed by atoms with van der Waals surface area (Å²) in [6, 6.07) is 0. The fourth-order valence-corrected chi connectivity index (χ4v) is 3.75. The van der Waals surface area contributed by atoms with Crippen LogP contribution in [0.15, 0.2) is 6.33 Å². The first-order valence-electron chi connectivity index (χ1n) is 6.58. The number of hydrogen-bond acceptors (Lipinski definition) is 5. The second-order valence-electron chi connectivity index (χ2n) is 4.98. The first-order valence-corrected chi connectivity index (χ1v) is 8.23. The summed E-state index contributed by atoms with van der Waals surface area (Å²) in [4.78, 5) is 0. The Morgan fingerprint density at radius 2 is 2.21 bits per heavy atom. The van der Waals surface area contributed by atoms with Crippen molar-refractivity contribution in [2.45, 2.75) is 19.3 Å². The number of aryl methyl sites for hydroxylation is 1. The van der Waals surface area contributed by atoms with Gasteiger partial charge in [-0.25, -0.2) is 13.1 Å². The van der Waals surface area contributed by atoms with Crippen molar-refractivity contribution in [3.63, 3.8) is 0 Å². The maximum atomic E-state index is 11.9. The second-order valence-corrected chi connectivity index (χ2v) is 6.83. The highest BCUT2D eigenvalue weighted by molar-refractivity contribution is 7.89. The predicted molar refractivity (Wildman–Crippen MR) is 72.1 cm³/mol. The molecule has 19 heavy (non-hydrogen) atoms. The predicted octanol–water partition coefficient (Wildman–Crippen LogP) is -0.723. The molecule has 8 heteroatoms. The van der Waals surface area contributed by atoms with Gasteiger partial charge in [0.25, 0.3) is 0 Å². The van der Waals surface area contributed by atoms with Gasteiger partial charge in [-0.3, -0.25) is 0 Å². The van der Waals surface area contributed by atoms with Gasteiger partial charge in [-0.1, -0.05) is 0 Å². The Labute approximate surface area is 113 Å². The smallest absolute Gasteiger partial charge is 0.211 e. The van der Waals surface area contributed by atoms with Crippen LogP contribution >= 0.6 is 0 Å². The third-order valence-electron chi connectivity index (χ3n) is 3.39. The lowest BCUT2D eigenvalue weighted by Crippen LogP contribution is -2.36. The lowest BCUT2D eigenvalue weighted by atomic mass is 10.0. The minimum absolute atomic E-state index is 0.230. The molecule has 0 unspecified atom stereocenters. The molecule has 1 saturated heterocycles. The Kier molecular flexibility index (Phi) is 4.89. The van der Waals surface area contributed by atoms with E-state index in [1.807, 2.05) is 7.05 Å². The Hall–Kier alpha value is -0.990. The summed E-state index contributed by atoms with van der Waals surface area (Å²) in [7, 11) is -1.34. The molecule has 0 radical (unpaired) electrons. The van der Waals surface area contributed by atoms with E-state index in [0.29, 0.717) is 13.0 Å². The topological polar surface area (TPSA) is 88.9 Å². The molecule has 2 rings (SSSR count). The van der Waals surface area contributed by atoms with Crippen molar-refractivity contribution >= 4 is 10.0 Å². The third-order valence-corrected chi connectivity index (χ3v) is 4.94. The van der Waals surface area contributed by atoms with E-state index in [0.717, 1.165) is 31.8 Å². The SMILES string of the molecule is Cn1cnnc1CCNS(=O)(=O)CC1CCNCC1. The van der Waals surface area contributed by atoms with Gasteiger partial charge in [0.05, 0.1) is 5.75 Å². The van der Waals surface area contributed by atoms with E-state index in [2.05, 4.69) is 20.2 Å².